The lowest BCUT2D eigenvalue weighted by molar-refractivity contribution is -0.134. The standard InChI is InChI=1S/C18H22ClNO2/c1-18(11-12-6-4-3-5-7-12)15-10-13(19)8-9-14(15)16(21)20(2)17(18)22/h8-10,12H,3-7,11H2,1-2H3. The Kier molecular flexibility index (Phi) is 4.02. The van der Waals surface area contributed by atoms with Crippen molar-refractivity contribution >= 4 is 23.4 Å². The minimum atomic E-state index is -0.648. The summed E-state index contributed by atoms with van der Waals surface area (Å²) in [5, 5.41) is 0.582. The number of carbonyl (C=O) groups excluding carboxylic acids is 2. The Labute approximate surface area is 136 Å². The van der Waals surface area contributed by atoms with Gasteiger partial charge in [-0.3, -0.25) is 14.5 Å². The van der Waals surface area contributed by atoms with Gasteiger partial charge in [0.1, 0.15) is 0 Å². The summed E-state index contributed by atoms with van der Waals surface area (Å²) < 4.78 is 0. The largest absolute Gasteiger partial charge is 0.281 e. The van der Waals surface area contributed by atoms with Crippen molar-refractivity contribution in [3.8, 4) is 0 Å². The SMILES string of the molecule is CN1C(=O)c2ccc(Cl)cc2C(C)(CC2CCCCC2)C1=O. The number of halogens is 1. The quantitative estimate of drug-likeness (QED) is 0.767. The van der Waals surface area contributed by atoms with Gasteiger partial charge in [0.05, 0.1) is 5.41 Å². The summed E-state index contributed by atoms with van der Waals surface area (Å²) in [5.74, 6) is 0.228. The van der Waals surface area contributed by atoms with Crippen molar-refractivity contribution < 1.29 is 9.59 Å². The Morgan fingerprint density at radius 3 is 2.59 bits per heavy atom. The summed E-state index contributed by atoms with van der Waals surface area (Å²) >= 11 is 6.14. The molecule has 1 aliphatic heterocycles. The van der Waals surface area contributed by atoms with E-state index in [1.807, 2.05) is 13.0 Å². The lowest BCUT2D eigenvalue weighted by Gasteiger charge is -2.41. The van der Waals surface area contributed by atoms with Crippen LogP contribution in [0, 0.1) is 5.92 Å². The zero-order valence-electron chi connectivity index (χ0n) is 13.2. The number of amides is 2. The maximum atomic E-state index is 12.9. The predicted molar refractivity (Wildman–Crippen MR) is 87.1 cm³/mol. The molecule has 4 heteroatoms. The summed E-state index contributed by atoms with van der Waals surface area (Å²) in [4.78, 5) is 26.5. The van der Waals surface area contributed by atoms with Gasteiger partial charge >= 0.3 is 0 Å². The highest BCUT2D eigenvalue weighted by molar-refractivity contribution is 6.31. The molecular weight excluding hydrogens is 298 g/mol. The molecule has 0 aromatic heterocycles. The molecule has 1 aromatic rings. The molecule has 3 nitrogen and oxygen atoms in total. The van der Waals surface area contributed by atoms with Crippen molar-refractivity contribution in [2.75, 3.05) is 7.05 Å². The number of carbonyl (C=O) groups is 2. The molecule has 1 saturated carbocycles. The number of likely N-dealkylation sites (N-methyl/N-ethyl adjacent to an activating group) is 1. The zero-order valence-corrected chi connectivity index (χ0v) is 13.9. The Hall–Kier alpha value is -1.35. The van der Waals surface area contributed by atoms with E-state index < -0.39 is 5.41 Å². The monoisotopic (exact) mass is 319 g/mol. The van der Waals surface area contributed by atoms with Crippen molar-refractivity contribution in [1.29, 1.82) is 0 Å². The van der Waals surface area contributed by atoms with Crippen LogP contribution in [0.3, 0.4) is 0 Å². The number of hydrogen-bond acceptors (Lipinski definition) is 2. The first-order valence-electron chi connectivity index (χ1n) is 8.06. The molecule has 0 bridgehead atoms. The smallest absolute Gasteiger partial charge is 0.260 e. The van der Waals surface area contributed by atoms with Gasteiger partial charge in [0.15, 0.2) is 0 Å². The van der Waals surface area contributed by atoms with Gasteiger partial charge in [-0.2, -0.15) is 0 Å². The third-order valence-electron chi connectivity index (χ3n) is 5.31. The van der Waals surface area contributed by atoms with E-state index in [1.54, 1.807) is 19.2 Å². The number of hydrogen-bond donors (Lipinski definition) is 0. The first kappa shape index (κ1) is 15.5. The van der Waals surface area contributed by atoms with Crippen LogP contribution < -0.4 is 0 Å². The third-order valence-corrected chi connectivity index (χ3v) is 5.54. The van der Waals surface area contributed by atoms with Gasteiger partial charge in [0.2, 0.25) is 5.91 Å². The fourth-order valence-corrected chi connectivity index (χ4v) is 4.26. The number of nitrogens with zero attached hydrogens (tertiary/aromatic N) is 1. The summed E-state index contributed by atoms with van der Waals surface area (Å²) in [7, 11) is 1.58. The maximum Gasteiger partial charge on any atom is 0.260 e. The minimum absolute atomic E-state index is 0.0992. The molecule has 1 aromatic carbocycles. The molecule has 118 valence electrons. The van der Waals surface area contributed by atoms with E-state index in [0.29, 0.717) is 16.5 Å². The number of fused-ring (bicyclic) bond motifs is 1. The molecule has 2 amide bonds. The van der Waals surface area contributed by atoms with E-state index in [1.165, 1.54) is 37.0 Å². The summed E-state index contributed by atoms with van der Waals surface area (Å²) in [6.07, 6.45) is 6.93. The molecular formula is C18H22ClNO2. The molecule has 1 unspecified atom stereocenters. The minimum Gasteiger partial charge on any atom is -0.281 e. The molecule has 1 heterocycles. The third kappa shape index (κ3) is 2.45. The van der Waals surface area contributed by atoms with Crippen LogP contribution in [-0.2, 0) is 10.2 Å². The van der Waals surface area contributed by atoms with Crippen molar-refractivity contribution in [3.05, 3.63) is 34.3 Å². The Bertz CT molecular complexity index is 622. The molecule has 3 rings (SSSR count). The number of rotatable bonds is 2. The highest BCUT2D eigenvalue weighted by Gasteiger charge is 2.47. The molecule has 0 saturated heterocycles. The molecule has 0 spiro atoms. The highest BCUT2D eigenvalue weighted by Crippen LogP contribution is 2.43. The Morgan fingerprint density at radius 1 is 1.23 bits per heavy atom. The van der Waals surface area contributed by atoms with E-state index in [-0.39, 0.29) is 11.8 Å². The molecule has 1 atom stereocenters. The van der Waals surface area contributed by atoms with E-state index >= 15 is 0 Å². The zero-order chi connectivity index (χ0) is 15.9. The van der Waals surface area contributed by atoms with Crippen LogP contribution in [0.15, 0.2) is 18.2 Å². The molecule has 1 aliphatic carbocycles. The van der Waals surface area contributed by atoms with Gasteiger partial charge in [-0.1, -0.05) is 43.7 Å². The van der Waals surface area contributed by atoms with Crippen molar-refractivity contribution in [2.45, 2.75) is 50.9 Å². The maximum absolute atomic E-state index is 12.9. The van der Waals surface area contributed by atoms with Gasteiger partial charge in [-0.15, -0.1) is 0 Å². The average Bonchev–Trinajstić information content (AvgIpc) is 2.52. The number of benzene rings is 1. The summed E-state index contributed by atoms with van der Waals surface area (Å²) in [6, 6.07) is 5.29. The topological polar surface area (TPSA) is 37.4 Å². The van der Waals surface area contributed by atoms with Crippen LogP contribution in [0.2, 0.25) is 5.02 Å². The lowest BCUT2D eigenvalue weighted by atomic mass is 9.68. The Morgan fingerprint density at radius 2 is 1.91 bits per heavy atom. The van der Waals surface area contributed by atoms with Crippen molar-refractivity contribution in [1.82, 2.24) is 4.90 Å². The van der Waals surface area contributed by atoms with Gasteiger partial charge in [0, 0.05) is 17.6 Å². The molecule has 0 N–H and O–H groups in total. The fraction of sp³-hybridized carbons (Fsp3) is 0.556. The normalized spacial score (nSPS) is 26.2. The average molecular weight is 320 g/mol. The first-order valence-corrected chi connectivity index (χ1v) is 8.44. The van der Waals surface area contributed by atoms with Crippen LogP contribution in [-0.4, -0.2) is 23.8 Å². The van der Waals surface area contributed by atoms with E-state index in [4.69, 9.17) is 11.6 Å². The molecule has 0 radical (unpaired) electrons. The highest BCUT2D eigenvalue weighted by atomic mass is 35.5. The van der Waals surface area contributed by atoms with Gasteiger partial charge in [0.25, 0.3) is 5.91 Å². The Balaban J connectivity index is 2.04. The van der Waals surface area contributed by atoms with Gasteiger partial charge < -0.3 is 0 Å². The molecule has 22 heavy (non-hydrogen) atoms. The molecule has 2 aliphatic rings. The van der Waals surface area contributed by atoms with Crippen molar-refractivity contribution in [3.63, 3.8) is 0 Å². The second-order valence-electron chi connectivity index (χ2n) is 6.90. The lowest BCUT2D eigenvalue weighted by Crippen LogP contribution is -2.52. The van der Waals surface area contributed by atoms with Crippen LogP contribution in [0.25, 0.3) is 0 Å². The molecule has 1 fully saturated rings. The summed E-state index contributed by atoms with van der Waals surface area (Å²) in [5.41, 5.74) is 0.772. The van der Waals surface area contributed by atoms with Crippen molar-refractivity contribution in [2.24, 2.45) is 5.92 Å². The van der Waals surface area contributed by atoms with Crippen LogP contribution in [0.5, 0.6) is 0 Å². The second kappa shape index (κ2) is 5.69. The number of imide groups is 1. The first-order chi connectivity index (χ1) is 10.4. The van der Waals surface area contributed by atoms with E-state index in [0.717, 1.165) is 12.0 Å². The van der Waals surface area contributed by atoms with Crippen LogP contribution in [0.4, 0.5) is 0 Å². The second-order valence-corrected chi connectivity index (χ2v) is 7.34. The van der Waals surface area contributed by atoms with E-state index in [2.05, 4.69) is 0 Å². The predicted octanol–water partition coefficient (Wildman–Crippen LogP) is 4.18. The van der Waals surface area contributed by atoms with Gasteiger partial charge in [-0.25, -0.2) is 0 Å². The van der Waals surface area contributed by atoms with Gasteiger partial charge in [-0.05, 0) is 43.0 Å². The van der Waals surface area contributed by atoms with Crippen LogP contribution in [0.1, 0.15) is 61.4 Å². The van der Waals surface area contributed by atoms with Crippen LogP contribution >= 0.6 is 11.6 Å². The van der Waals surface area contributed by atoms with E-state index in [9.17, 15) is 9.59 Å². The summed E-state index contributed by atoms with van der Waals surface area (Å²) in [6.45, 7) is 1.97. The fourth-order valence-electron chi connectivity index (χ4n) is 4.08.